The van der Waals surface area contributed by atoms with Crippen molar-refractivity contribution in [2.24, 2.45) is 7.05 Å². The molecule has 2 aromatic heterocycles. The van der Waals surface area contributed by atoms with Crippen LogP contribution in [0.25, 0.3) is 11.5 Å². The predicted octanol–water partition coefficient (Wildman–Crippen LogP) is 1.09. The number of pyridine rings is 1. The summed E-state index contributed by atoms with van der Waals surface area (Å²) < 4.78 is 6.93. The highest BCUT2D eigenvalue weighted by Gasteiger charge is 2.20. The molecular weight excluding hydrogens is 264 g/mol. The van der Waals surface area contributed by atoms with Gasteiger partial charge in [0, 0.05) is 32.3 Å². The predicted molar refractivity (Wildman–Crippen MR) is 72.4 cm³/mol. The van der Waals surface area contributed by atoms with E-state index < -0.39 is 0 Å². The molecule has 1 N–H and O–H groups in total. The molecule has 0 radical (unpaired) electrons. The SMILES string of the molecule is CN1CCc2c(cc(-c3n[nH]c(=S)o3)c(=O)n2C)C1. The Bertz CT molecular complexity index is 743. The first-order valence-electron chi connectivity index (χ1n) is 6.02. The topological polar surface area (TPSA) is 67.1 Å². The van der Waals surface area contributed by atoms with Crippen LogP contribution in [0, 0.1) is 4.84 Å². The fraction of sp³-hybridized carbons (Fsp3) is 0.417. The molecule has 0 fully saturated rings. The third-order valence-corrected chi connectivity index (χ3v) is 3.64. The molecule has 6 nitrogen and oxygen atoms in total. The minimum atomic E-state index is -0.103. The van der Waals surface area contributed by atoms with Crippen molar-refractivity contribution in [2.75, 3.05) is 13.6 Å². The summed E-state index contributed by atoms with van der Waals surface area (Å²) in [6.07, 6.45) is 0.877. The number of aromatic nitrogens is 3. The maximum Gasteiger partial charge on any atom is 0.284 e. The van der Waals surface area contributed by atoms with Crippen molar-refractivity contribution in [3.8, 4) is 11.5 Å². The fourth-order valence-corrected chi connectivity index (χ4v) is 2.59. The second-order valence-electron chi connectivity index (χ2n) is 4.80. The average Bonchev–Trinajstić information content (AvgIpc) is 2.80. The van der Waals surface area contributed by atoms with Crippen LogP contribution in [0.5, 0.6) is 0 Å². The van der Waals surface area contributed by atoms with Crippen molar-refractivity contribution >= 4 is 12.2 Å². The van der Waals surface area contributed by atoms with Crippen LogP contribution in [0.3, 0.4) is 0 Å². The van der Waals surface area contributed by atoms with Crippen LogP contribution in [-0.4, -0.2) is 33.3 Å². The molecule has 0 atom stereocenters. The van der Waals surface area contributed by atoms with Gasteiger partial charge in [0.05, 0.1) is 0 Å². The number of fused-ring (bicyclic) bond motifs is 1. The molecular formula is C12H14N4O2S. The van der Waals surface area contributed by atoms with Gasteiger partial charge in [-0.05, 0) is 30.9 Å². The molecule has 0 saturated carbocycles. The summed E-state index contributed by atoms with van der Waals surface area (Å²) in [4.78, 5) is 14.7. The number of rotatable bonds is 1. The average molecular weight is 278 g/mol. The van der Waals surface area contributed by atoms with Gasteiger partial charge in [0.25, 0.3) is 16.3 Å². The molecule has 7 heteroatoms. The van der Waals surface area contributed by atoms with Crippen LogP contribution < -0.4 is 5.56 Å². The van der Waals surface area contributed by atoms with Gasteiger partial charge in [-0.25, -0.2) is 5.10 Å². The number of aromatic amines is 1. The Hall–Kier alpha value is -1.73. The molecule has 0 spiro atoms. The molecule has 100 valence electrons. The Balaban J connectivity index is 2.22. The lowest BCUT2D eigenvalue weighted by Gasteiger charge is -2.26. The number of H-pyrrole nitrogens is 1. The molecule has 2 aromatic rings. The van der Waals surface area contributed by atoms with Gasteiger partial charge in [0.1, 0.15) is 5.56 Å². The highest BCUT2D eigenvalue weighted by Crippen LogP contribution is 2.21. The summed E-state index contributed by atoms with van der Waals surface area (Å²) in [6.45, 7) is 1.78. The summed E-state index contributed by atoms with van der Waals surface area (Å²) in [5, 5.41) is 6.48. The fourth-order valence-electron chi connectivity index (χ4n) is 2.47. The Labute approximate surface area is 114 Å². The molecule has 1 aliphatic heterocycles. The minimum Gasteiger partial charge on any atom is -0.409 e. The first-order valence-corrected chi connectivity index (χ1v) is 6.43. The third-order valence-electron chi connectivity index (χ3n) is 3.47. The van der Waals surface area contributed by atoms with Crippen molar-refractivity contribution in [1.29, 1.82) is 0 Å². The Morgan fingerprint density at radius 2 is 2.26 bits per heavy atom. The third kappa shape index (κ3) is 2.04. The van der Waals surface area contributed by atoms with E-state index in [9.17, 15) is 4.79 Å². The molecule has 3 heterocycles. The lowest BCUT2D eigenvalue weighted by atomic mass is 10.0. The van der Waals surface area contributed by atoms with Crippen molar-refractivity contribution in [3.63, 3.8) is 0 Å². The van der Waals surface area contributed by atoms with Gasteiger partial charge in [-0.2, -0.15) is 0 Å². The lowest BCUT2D eigenvalue weighted by molar-refractivity contribution is 0.306. The number of likely N-dealkylation sites (N-methyl/N-ethyl adjacent to an activating group) is 1. The van der Waals surface area contributed by atoms with Crippen LogP contribution >= 0.6 is 12.2 Å². The zero-order valence-electron chi connectivity index (χ0n) is 10.8. The zero-order chi connectivity index (χ0) is 13.6. The van der Waals surface area contributed by atoms with E-state index in [-0.39, 0.29) is 16.3 Å². The maximum absolute atomic E-state index is 12.3. The standard InChI is InChI=1S/C12H14N4O2S/c1-15-4-3-9-7(6-15)5-8(11(17)16(9)2)10-13-14-12(19)18-10/h5H,3-4,6H2,1-2H3,(H,14,19). The maximum atomic E-state index is 12.3. The number of nitrogens with one attached hydrogen (secondary N) is 1. The molecule has 0 bridgehead atoms. The molecule has 0 unspecified atom stereocenters. The van der Waals surface area contributed by atoms with E-state index in [1.54, 1.807) is 11.6 Å². The van der Waals surface area contributed by atoms with Gasteiger partial charge in [0.2, 0.25) is 0 Å². The summed E-state index contributed by atoms with van der Waals surface area (Å²) in [7, 11) is 3.85. The van der Waals surface area contributed by atoms with E-state index in [1.165, 1.54) is 0 Å². The van der Waals surface area contributed by atoms with Crippen LogP contribution in [0.1, 0.15) is 11.3 Å². The van der Waals surface area contributed by atoms with Crippen LogP contribution in [0.4, 0.5) is 0 Å². The van der Waals surface area contributed by atoms with Gasteiger partial charge in [-0.15, -0.1) is 5.10 Å². The lowest BCUT2D eigenvalue weighted by Crippen LogP contribution is -2.33. The monoisotopic (exact) mass is 278 g/mol. The van der Waals surface area contributed by atoms with Crippen LogP contribution in [-0.2, 0) is 20.0 Å². The van der Waals surface area contributed by atoms with Gasteiger partial charge in [-0.1, -0.05) is 0 Å². The van der Waals surface area contributed by atoms with E-state index in [0.29, 0.717) is 5.56 Å². The second kappa shape index (κ2) is 4.43. The van der Waals surface area contributed by atoms with E-state index >= 15 is 0 Å². The van der Waals surface area contributed by atoms with Gasteiger partial charge < -0.3 is 13.9 Å². The first-order chi connectivity index (χ1) is 9.06. The normalized spacial score (nSPS) is 15.5. The summed E-state index contributed by atoms with van der Waals surface area (Å²) in [5.74, 6) is 0.252. The van der Waals surface area contributed by atoms with Crippen molar-refractivity contribution in [3.05, 3.63) is 32.5 Å². The van der Waals surface area contributed by atoms with E-state index in [0.717, 1.165) is 30.8 Å². The van der Waals surface area contributed by atoms with Gasteiger partial charge in [-0.3, -0.25) is 4.79 Å². The Kier molecular flexibility index (Phi) is 2.87. The number of nitrogens with zero attached hydrogens (tertiary/aromatic N) is 3. The Morgan fingerprint density at radius 3 is 2.95 bits per heavy atom. The smallest absolute Gasteiger partial charge is 0.284 e. The van der Waals surface area contributed by atoms with E-state index in [1.807, 2.05) is 6.07 Å². The molecule has 19 heavy (non-hydrogen) atoms. The summed E-state index contributed by atoms with van der Waals surface area (Å²) in [5.41, 5.74) is 2.56. The zero-order valence-corrected chi connectivity index (χ0v) is 11.6. The molecule has 0 aromatic carbocycles. The van der Waals surface area contributed by atoms with Crippen molar-refractivity contribution in [2.45, 2.75) is 13.0 Å². The summed E-state index contributed by atoms with van der Waals surface area (Å²) >= 11 is 4.85. The summed E-state index contributed by atoms with van der Waals surface area (Å²) in [6, 6.07) is 1.86. The van der Waals surface area contributed by atoms with E-state index in [2.05, 4.69) is 22.1 Å². The highest BCUT2D eigenvalue weighted by molar-refractivity contribution is 7.71. The minimum absolute atomic E-state index is 0.103. The Morgan fingerprint density at radius 1 is 1.47 bits per heavy atom. The molecule has 0 aliphatic carbocycles. The molecule has 1 aliphatic rings. The molecule has 3 rings (SSSR count). The largest absolute Gasteiger partial charge is 0.409 e. The van der Waals surface area contributed by atoms with Gasteiger partial charge >= 0.3 is 0 Å². The van der Waals surface area contributed by atoms with Gasteiger partial charge in [0.15, 0.2) is 0 Å². The van der Waals surface area contributed by atoms with E-state index in [4.69, 9.17) is 16.6 Å². The van der Waals surface area contributed by atoms with Crippen molar-refractivity contribution in [1.82, 2.24) is 19.7 Å². The quantitative estimate of drug-likeness (QED) is 0.791. The molecule has 0 saturated heterocycles. The van der Waals surface area contributed by atoms with Crippen LogP contribution in [0.2, 0.25) is 0 Å². The second-order valence-corrected chi connectivity index (χ2v) is 5.17. The molecule has 0 amide bonds. The van der Waals surface area contributed by atoms with Crippen molar-refractivity contribution < 1.29 is 4.42 Å². The first kappa shape index (κ1) is 12.3. The van der Waals surface area contributed by atoms with Crippen LogP contribution in [0.15, 0.2) is 15.3 Å². The number of hydrogen-bond acceptors (Lipinski definition) is 5. The number of hydrogen-bond donors (Lipinski definition) is 1. The highest BCUT2D eigenvalue weighted by atomic mass is 32.1.